The normalized spacial score (nSPS) is 10.6. The molecular weight excluding hydrogens is 274 g/mol. The number of aromatic carboxylic acids is 1. The van der Waals surface area contributed by atoms with Crippen LogP contribution in [-0.2, 0) is 6.54 Å². The number of carboxylic acid groups (broad SMARTS) is 1. The van der Waals surface area contributed by atoms with Gasteiger partial charge in [0.25, 0.3) is 0 Å². The van der Waals surface area contributed by atoms with Gasteiger partial charge in [0.2, 0.25) is 0 Å². The number of hydrogen-bond acceptors (Lipinski definition) is 1. The van der Waals surface area contributed by atoms with Gasteiger partial charge in [-0.25, -0.2) is 4.79 Å². The van der Waals surface area contributed by atoms with Gasteiger partial charge >= 0.3 is 5.97 Å². The minimum absolute atomic E-state index is 0.316. The van der Waals surface area contributed by atoms with Crippen molar-refractivity contribution >= 4 is 5.97 Å². The molecule has 0 amide bonds. The molecule has 0 atom stereocenters. The van der Waals surface area contributed by atoms with E-state index in [0.29, 0.717) is 5.56 Å². The van der Waals surface area contributed by atoms with Gasteiger partial charge in [0.15, 0.2) is 0 Å². The van der Waals surface area contributed by atoms with Crippen LogP contribution in [0.3, 0.4) is 0 Å². The number of carbonyl (C=O) groups is 1. The van der Waals surface area contributed by atoms with E-state index in [0.717, 1.165) is 12.1 Å². The molecule has 1 aromatic heterocycles. The molecule has 0 fully saturated rings. The minimum atomic E-state index is -0.895. The zero-order valence-electron chi connectivity index (χ0n) is 12.4. The minimum Gasteiger partial charge on any atom is -0.478 e. The van der Waals surface area contributed by atoms with Gasteiger partial charge in [0.05, 0.1) is 5.56 Å². The molecule has 3 aromatic rings. The summed E-state index contributed by atoms with van der Waals surface area (Å²) in [6.07, 6.45) is 0. The molecule has 1 heterocycles. The molecule has 0 saturated carbocycles. The molecule has 3 rings (SSSR count). The highest BCUT2D eigenvalue weighted by molar-refractivity contribution is 5.87. The summed E-state index contributed by atoms with van der Waals surface area (Å²) in [5.74, 6) is -0.895. The van der Waals surface area contributed by atoms with Crippen LogP contribution in [0.2, 0.25) is 0 Å². The molecule has 3 heteroatoms. The number of nitrogens with zero attached hydrogens (tertiary/aromatic N) is 1. The second-order valence-corrected chi connectivity index (χ2v) is 5.31. The summed E-state index contributed by atoms with van der Waals surface area (Å²) < 4.78 is 2.24. The number of benzene rings is 2. The van der Waals surface area contributed by atoms with Crippen LogP contribution in [0.15, 0.2) is 66.7 Å². The number of aryl methyl sites for hydroxylation is 1. The first-order valence-electron chi connectivity index (χ1n) is 7.19. The molecular formula is C19H17NO2. The molecule has 0 spiro atoms. The predicted octanol–water partition coefficient (Wildman–Crippen LogP) is 4.21. The van der Waals surface area contributed by atoms with Crippen molar-refractivity contribution in [1.29, 1.82) is 0 Å². The molecule has 0 aliphatic carbocycles. The zero-order chi connectivity index (χ0) is 15.5. The van der Waals surface area contributed by atoms with Gasteiger partial charge in [0.1, 0.15) is 0 Å². The van der Waals surface area contributed by atoms with Crippen LogP contribution in [0.4, 0.5) is 0 Å². The average Bonchev–Trinajstić information content (AvgIpc) is 2.90. The SMILES string of the molecule is Cc1ccc(-c2ccccc2)n1Cc1ccc(C(=O)O)cc1. The predicted molar refractivity (Wildman–Crippen MR) is 87.1 cm³/mol. The zero-order valence-corrected chi connectivity index (χ0v) is 12.4. The van der Waals surface area contributed by atoms with Crippen molar-refractivity contribution in [3.63, 3.8) is 0 Å². The molecule has 0 unspecified atom stereocenters. The Morgan fingerprint density at radius 1 is 0.955 bits per heavy atom. The van der Waals surface area contributed by atoms with E-state index in [9.17, 15) is 4.79 Å². The van der Waals surface area contributed by atoms with E-state index in [-0.39, 0.29) is 0 Å². The third-order valence-corrected chi connectivity index (χ3v) is 3.81. The summed E-state index contributed by atoms with van der Waals surface area (Å²) in [5.41, 5.74) is 4.93. The first kappa shape index (κ1) is 14.1. The van der Waals surface area contributed by atoms with E-state index in [4.69, 9.17) is 5.11 Å². The maximum absolute atomic E-state index is 10.9. The average molecular weight is 291 g/mol. The first-order chi connectivity index (χ1) is 10.6. The van der Waals surface area contributed by atoms with Crippen molar-refractivity contribution in [2.75, 3.05) is 0 Å². The third kappa shape index (κ3) is 2.79. The van der Waals surface area contributed by atoms with E-state index >= 15 is 0 Å². The Balaban J connectivity index is 1.92. The Morgan fingerprint density at radius 2 is 1.64 bits per heavy atom. The second kappa shape index (κ2) is 5.90. The van der Waals surface area contributed by atoms with Gasteiger partial charge in [-0.1, -0.05) is 42.5 Å². The Kier molecular flexibility index (Phi) is 3.79. The first-order valence-corrected chi connectivity index (χ1v) is 7.19. The fourth-order valence-electron chi connectivity index (χ4n) is 2.58. The summed E-state index contributed by atoms with van der Waals surface area (Å²) in [6.45, 7) is 2.81. The van der Waals surface area contributed by atoms with Crippen LogP contribution in [0.25, 0.3) is 11.3 Å². The van der Waals surface area contributed by atoms with E-state index in [1.165, 1.54) is 17.0 Å². The summed E-state index contributed by atoms with van der Waals surface area (Å²) in [6, 6.07) is 21.5. The smallest absolute Gasteiger partial charge is 0.335 e. The van der Waals surface area contributed by atoms with Crippen LogP contribution in [0, 0.1) is 6.92 Å². The van der Waals surface area contributed by atoms with E-state index in [2.05, 4.69) is 35.8 Å². The Labute approximate surface area is 129 Å². The fraction of sp³-hybridized carbons (Fsp3) is 0.105. The highest BCUT2D eigenvalue weighted by Crippen LogP contribution is 2.23. The number of rotatable bonds is 4. The standard InChI is InChI=1S/C19H17NO2/c1-14-7-12-18(16-5-3-2-4-6-16)20(14)13-15-8-10-17(11-9-15)19(21)22/h2-12H,13H2,1H3,(H,21,22). The van der Waals surface area contributed by atoms with E-state index in [1.54, 1.807) is 12.1 Å². The molecule has 0 aliphatic heterocycles. The van der Waals surface area contributed by atoms with Crippen molar-refractivity contribution in [1.82, 2.24) is 4.57 Å². The van der Waals surface area contributed by atoms with Crippen molar-refractivity contribution < 1.29 is 9.90 Å². The van der Waals surface area contributed by atoms with E-state index in [1.807, 2.05) is 30.3 Å². The van der Waals surface area contributed by atoms with Gasteiger partial charge in [-0.3, -0.25) is 0 Å². The number of aromatic nitrogens is 1. The van der Waals surface area contributed by atoms with Crippen LogP contribution in [0.1, 0.15) is 21.6 Å². The van der Waals surface area contributed by atoms with Gasteiger partial charge in [-0.2, -0.15) is 0 Å². The van der Waals surface area contributed by atoms with Gasteiger partial charge in [-0.05, 0) is 42.3 Å². The number of hydrogen-bond donors (Lipinski definition) is 1. The van der Waals surface area contributed by atoms with Gasteiger partial charge in [0, 0.05) is 17.9 Å². The molecule has 1 N–H and O–H groups in total. The van der Waals surface area contributed by atoms with E-state index < -0.39 is 5.97 Å². The van der Waals surface area contributed by atoms with Crippen molar-refractivity contribution in [2.45, 2.75) is 13.5 Å². The molecule has 3 nitrogen and oxygen atoms in total. The lowest BCUT2D eigenvalue weighted by molar-refractivity contribution is 0.0697. The largest absolute Gasteiger partial charge is 0.478 e. The molecule has 0 bridgehead atoms. The molecule has 0 radical (unpaired) electrons. The van der Waals surface area contributed by atoms with Crippen molar-refractivity contribution in [2.24, 2.45) is 0 Å². The monoisotopic (exact) mass is 291 g/mol. The maximum Gasteiger partial charge on any atom is 0.335 e. The lowest BCUT2D eigenvalue weighted by atomic mass is 10.1. The Hall–Kier alpha value is -2.81. The van der Waals surface area contributed by atoms with Crippen LogP contribution in [-0.4, -0.2) is 15.6 Å². The maximum atomic E-state index is 10.9. The Bertz CT molecular complexity index is 786. The molecule has 22 heavy (non-hydrogen) atoms. The third-order valence-electron chi connectivity index (χ3n) is 3.81. The van der Waals surface area contributed by atoms with Gasteiger partial charge in [-0.15, -0.1) is 0 Å². The van der Waals surface area contributed by atoms with Crippen LogP contribution in [0.5, 0.6) is 0 Å². The van der Waals surface area contributed by atoms with Crippen LogP contribution >= 0.6 is 0 Å². The topological polar surface area (TPSA) is 42.2 Å². The van der Waals surface area contributed by atoms with Gasteiger partial charge < -0.3 is 9.67 Å². The summed E-state index contributed by atoms with van der Waals surface area (Å²) in [4.78, 5) is 10.9. The lowest BCUT2D eigenvalue weighted by Crippen LogP contribution is -2.04. The molecule has 110 valence electrons. The van der Waals surface area contributed by atoms with Crippen molar-refractivity contribution in [3.8, 4) is 11.3 Å². The second-order valence-electron chi connectivity index (χ2n) is 5.31. The molecule has 0 aliphatic rings. The van der Waals surface area contributed by atoms with Crippen LogP contribution < -0.4 is 0 Å². The molecule has 2 aromatic carbocycles. The highest BCUT2D eigenvalue weighted by Gasteiger charge is 2.08. The lowest BCUT2D eigenvalue weighted by Gasteiger charge is -2.12. The Morgan fingerprint density at radius 3 is 2.27 bits per heavy atom. The fourth-order valence-corrected chi connectivity index (χ4v) is 2.58. The van der Waals surface area contributed by atoms with Crippen molar-refractivity contribution in [3.05, 3.63) is 83.6 Å². The highest BCUT2D eigenvalue weighted by atomic mass is 16.4. The quantitative estimate of drug-likeness (QED) is 0.782. The summed E-state index contributed by atoms with van der Waals surface area (Å²) in [7, 11) is 0. The number of carboxylic acids is 1. The molecule has 0 saturated heterocycles. The summed E-state index contributed by atoms with van der Waals surface area (Å²) in [5, 5.41) is 8.96. The summed E-state index contributed by atoms with van der Waals surface area (Å²) >= 11 is 0.